The number of fused-ring (bicyclic) bond motifs is 1. The minimum atomic E-state index is -0.388. The third-order valence-corrected chi connectivity index (χ3v) is 5.12. The van der Waals surface area contributed by atoms with Gasteiger partial charge < -0.3 is 19.9 Å². The molecular weight excluding hydrogens is 409 g/mol. The molecule has 4 rings (SSSR count). The highest BCUT2D eigenvalue weighted by molar-refractivity contribution is 6.04. The Balaban J connectivity index is 0.00000256. The van der Waals surface area contributed by atoms with Crippen molar-refractivity contribution in [3.8, 4) is 5.75 Å². The van der Waals surface area contributed by atoms with Gasteiger partial charge in [-0.05, 0) is 62.2 Å². The van der Waals surface area contributed by atoms with E-state index in [1.165, 1.54) is 0 Å². The summed E-state index contributed by atoms with van der Waals surface area (Å²) < 4.78 is 25.7. The standard InChI is InChI=1S/C22H22FN3O3.ClH/c1-13-19(14(2)29-26-13)12-28-17-5-3-4-15(10-17)22(27)25-20-7-6-16-11-24-9-8-18(16)21(20)23;/h3-7,10,24H,8-9,11-12H2,1-2H3,(H,25,27);1H. The van der Waals surface area contributed by atoms with E-state index in [-0.39, 0.29) is 29.8 Å². The summed E-state index contributed by atoms with van der Waals surface area (Å²) in [7, 11) is 0. The molecule has 0 bridgehead atoms. The Kier molecular flexibility index (Phi) is 6.74. The number of nitrogens with zero attached hydrogens (tertiary/aromatic N) is 1. The number of amides is 1. The molecule has 0 saturated heterocycles. The lowest BCUT2D eigenvalue weighted by atomic mass is 9.99. The molecule has 1 aliphatic heterocycles. The molecule has 2 heterocycles. The van der Waals surface area contributed by atoms with Crippen molar-refractivity contribution >= 4 is 24.0 Å². The zero-order valence-electron chi connectivity index (χ0n) is 16.8. The van der Waals surface area contributed by atoms with E-state index in [4.69, 9.17) is 9.26 Å². The first-order valence-corrected chi connectivity index (χ1v) is 9.50. The van der Waals surface area contributed by atoms with Gasteiger partial charge in [0.1, 0.15) is 23.9 Å². The van der Waals surface area contributed by atoms with Gasteiger partial charge in [0.2, 0.25) is 0 Å². The quantitative estimate of drug-likeness (QED) is 0.628. The second-order valence-corrected chi connectivity index (χ2v) is 7.06. The molecule has 1 amide bonds. The van der Waals surface area contributed by atoms with Gasteiger partial charge >= 0.3 is 0 Å². The first kappa shape index (κ1) is 21.8. The van der Waals surface area contributed by atoms with Gasteiger partial charge in [-0.15, -0.1) is 12.4 Å². The molecule has 158 valence electrons. The maximum Gasteiger partial charge on any atom is 0.255 e. The molecule has 0 aliphatic carbocycles. The van der Waals surface area contributed by atoms with E-state index in [1.807, 2.05) is 19.9 Å². The van der Waals surface area contributed by atoms with Gasteiger partial charge in [0.05, 0.1) is 16.9 Å². The van der Waals surface area contributed by atoms with Crippen molar-refractivity contribution in [3.63, 3.8) is 0 Å². The molecule has 0 unspecified atom stereocenters. The number of carbonyl (C=O) groups is 1. The van der Waals surface area contributed by atoms with Crippen molar-refractivity contribution in [2.24, 2.45) is 0 Å². The summed E-state index contributed by atoms with van der Waals surface area (Å²) in [6.45, 7) is 5.34. The summed E-state index contributed by atoms with van der Waals surface area (Å²) >= 11 is 0. The Hall–Kier alpha value is -2.90. The van der Waals surface area contributed by atoms with Crippen LogP contribution in [0.5, 0.6) is 5.75 Å². The number of nitrogens with one attached hydrogen (secondary N) is 2. The fourth-order valence-corrected chi connectivity index (χ4v) is 3.42. The highest BCUT2D eigenvalue weighted by Crippen LogP contribution is 2.25. The minimum Gasteiger partial charge on any atom is -0.489 e. The van der Waals surface area contributed by atoms with Crippen LogP contribution in [-0.4, -0.2) is 17.6 Å². The van der Waals surface area contributed by atoms with E-state index in [9.17, 15) is 9.18 Å². The predicted molar refractivity (Wildman–Crippen MR) is 114 cm³/mol. The topological polar surface area (TPSA) is 76.4 Å². The summed E-state index contributed by atoms with van der Waals surface area (Å²) in [5, 5.41) is 9.79. The lowest BCUT2D eigenvalue weighted by Crippen LogP contribution is -2.25. The molecule has 1 aromatic heterocycles. The molecule has 2 N–H and O–H groups in total. The highest BCUT2D eigenvalue weighted by atomic mass is 35.5. The first-order chi connectivity index (χ1) is 14.0. The number of carbonyl (C=O) groups excluding carboxylic acids is 1. The number of hydrogen-bond acceptors (Lipinski definition) is 5. The van der Waals surface area contributed by atoms with Gasteiger partial charge in [-0.25, -0.2) is 4.39 Å². The third kappa shape index (κ3) is 4.47. The van der Waals surface area contributed by atoms with Crippen molar-refractivity contribution in [2.75, 3.05) is 11.9 Å². The number of aryl methyl sites for hydroxylation is 2. The van der Waals surface area contributed by atoms with Crippen molar-refractivity contribution in [1.82, 2.24) is 10.5 Å². The van der Waals surface area contributed by atoms with E-state index in [1.54, 1.807) is 30.3 Å². The first-order valence-electron chi connectivity index (χ1n) is 9.50. The summed E-state index contributed by atoms with van der Waals surface area (Å²) in [6, 6.07) is 10.3. The molecule has 0 saturated carbocycles. The van der Waals surface area contributed by atoms with Gasteiger partial charge in [-0.3, -0.25) is 4.79 Å². The molecule has 2 aromatic carbocycles. The molecule has 3 aromatic rings. The second kappa shape index (κ2) is 9.28. The maximum absolute atomic E-state index is 14.8. The van der Waals surface area contributed by atoms with Gasteiger partial charge in [0.15, 0.2) is 0 Å². The molecule has 0 fully saturated rings. The largest absolute Gasteiger partial charge is 0.489 e. The molecule has 0 atom stereocenters. The fraction of sp³-hybridized carbons (Fsp3) is 0.273. The van der Waals surface area contributed by atoms with Gasteiger partial charge in [0.25, 0.3) is 5.91 Å². The lowest BCUT2D eigenvalue weighted by Gasteiger charge is -2.19. The Bertz CT molecular complexity index is 1050. The molecule has 1 aliphatic rings. The minimum absolute atomic E-state index is 0. The zero-order valence-corrected chi connectivity index (χ0v) is 17.6. The number of aromatic nitrogens is 1. The van der Waals surface area contributed by atoms with Crippen molar-refractivity contribution in [2.45, 2.75) is 33.4 Å². The number of hydrogen-bond donors (Lipinski definition) is 2. The number of halogens is 2. The molecule has 6 nitrogen and oxygen atoms in total. The Morgan fingerprint density at radius 2 is 2.13 bits per heavy atom. The number of anilines is 1. The second-order valence-electron chi connectivity index (χ2n) is 7.06. The molecular formula is C22H23ClFN3O3. The van der Waals surface area contributed by atoms with Gasteiger partial charge in [-0.2, -0.15) is 0 Å². The van der Waals surface area contributed by atoms with Crippen molar-refractivity contribution < 1.29 is 18.4 Å². The monoisotopic (exact) mass is 431 g/mol. The van der Waals surface area contributed by atoms with Crippen LogP contribution in [0, 0.1) is 19.7 Å². The summed E-state index contributed by atoms with van der Waals surface area (Å²) in [5.74, 6) is 0.493. The van der Waals surface area contributed by atoms with Crippen molar-refractivity contribution in [3.05, 3.63) is 75.9 Å². The summed E-state index contributed by atoms with van der Waals surface area (Å²) in [6.07, 6.45) is 0.607. The van der Waals surface area contributed by atoms with Crippen molar-refractivity contribution in [1.29, 1.82) is 0 Å². The average Bonchev–Trinajstić information content (AvgIpc) is 3.06. The lowest BCUT2D eigenvalue weighted by molar-refractivity contribution is 0.102. The van der Waals surface area contributed by atoms with Crippen LogP contribution in [0.25, 0.3) is 0 Å². The molecule has 30 heavy (non-hydrogen) atoms. The summed E-state index contributed by atoms with van der Waals surface area (Å²) in [4.78, 5) is 12.7. The van der Waals surface area contributed by atoms with Crippen LogP contribution in [0.2, 0.25) is 0 Å². The van der Waals surface area contributed by atoms with E-state index >= 15 is 0 Å². The van der Waals surface area contributed by atoms with Crippen LogP contribution in [0.4, 0.5) is 10.1 Å². The van der Waals surface area contributed by atoms with Gasteiger partial charge in [0, 0.05) is 12.1 Å². The molecule has 0 radical (unpaired) electrons. The van der Waals surface area contributed by atoms with Gasteiger partial charge in [-0.1, -0.05) is 17.3 Å². The van der Waals surface area contributed by atoms with E-state index < -0.39 is 0 Å². The SMILES string of the molecule is Cc1noc(C)c1COc1cccc(C(=O)Nc2ccc3c(c2F)CCNC3)c1.Cl. The van der Waals surface area contributed by atoms with E-state index in [0.717, 1.165) is 23.4 Å². The normalized spacial score (nSPS) is 12.6. The van der Waals surface area contributed by atoms with E-state index in [2.05, 4.69) is 15.8 Å². The van der Waals surface area contributed by atoms with E-state index in [0.29, 0.717) is 42.2 Å². The van der Waals surface area contributed by atoms with Crippen LogP contribution >= 0.6 is 12.4 Å². The number of rotatable bonds is 5. The maximum atomic E-state index is 14.8. The smallest absolute Gasteiger partial charge is 0.255 e. The third-order valence-electron chi connectivity index (χ3n) is 5.12. The summed E-state index contributed by atoms with van der Waals surface area (Å²) in [5.41, 5.74) is 3.83. The van der Waals surface area contributed by atoms with Crippen LogP contribution < -0.4 is 15.4 Å². The Morgan fingerprint density at radius 1 is 1.30 bits per heavy atom. The van der Waals surface area contributed by atoms with Crippen LogP contribution in [-0.2, 0) is 19.6 Å². The average molecular weight is 432 g/mol. The molecule has 8 heteroatoms. The van der Waals surface area contributed by atoms with Crippen LogP contribution in [0.15, 0.2) is 40.9 Å². The Labute approximate surface area is 180 Å². The molecule has 0 spiro atoms. The highest BCUT2D eigenvalue weighted by Gasteiger charge is 2.18. The zero-order chi connectivity index (χ0) is 20.4. The number of ether oxygens (including phenoxy) is 1. The van der Waals surface area contributed by atoms with Crippen LogP contribution in [0.3, 0.4) is 0 Å². The Morgan fingerprint density at radius 3 is 2.90 bits per heavy atom. The fourth-order valence-electron chi connectivity index (χ4n) is 3.42. The number of benzene rings is 2. The predicted octanol–water partition coefficient (Wildman–Crippen LogP) is 4.33. The van der Waals surface area contributed by atoms with Crippen LogP contribution in [0.1, 0.15) is 38.5 Å².